The number of benzene rings is 1. The van der Waals surface area contributed by atoms with Crippen molar-refractivity contribution in [2.24, 2.45) is 0 Å². The largest absolute Gasteiger partial charge is 0.435 e. The highest BCUT2D eigenvalue weighted by Crippen LogP contribution is 2.51. The van der Waals surface area contributed by atoms with Gasteiger partial charge in [-0.25, -0.2) is 4.67 Å². The molecule has 0 aliphatic carbocycles. The van der Waals surface area contributed by atoms with Crippen molar-refractivity contribution in [2.45, 2.75) is 46.4 Å². The molecule has 0 spiro atoms. The number of hydrogen-bond acceptors (Lipinski definition) is 3. The molecule has 100 valence electrons. The Morgan fingerprint density at radius 1 is 1.22 bits per heavy atom. The van der Waals surface area contributed by atoms with Crippen LogP contribution in [0.1, 0.15) is 33.3 Å². The third-order valence-electron chi connectivity index (χ3n) is 2.78. The summed E-state index contributed by atoms with van der Waals surface area (Å²) >= 11 is 5.96. The topological polar surface area (TPSA) is 21.7 Å². The zero-order valence-electron chi connectivity index (χ0n) is 11.2. The molecule has 0 saturated heterocycles. The van der Waals surface area contributed by atoms with E-state index in [1.165, 1.54) is 0 Å². The van der Waals surface area contributed by atoms with Crippen LogP contribution in [-0.4, -0.2) is 16.8 Å². The fourth-order valence-corrected chi connectivity index (χ4v) is 3.90. The predicted molar refractivity (Wildman–Crippen MR) is 75.9 cm³/mol. The SMILES string of the molecule is CC(C)N(C(C)C)P1OCc2cc(Cl)ccc2O1. The monoisotopic (exact) mass is 287 g/mol. The predicted octanol–water partition coefficient (Wildman–Crippen LogP) is 4.59. The Hall–Kier alpha value is -0.340. The molecule has 0 saturated carbocycles. The molecule has 18 heavy (non-hydrogen) atoms. The zero-order chi connectivity index (χ0) is 13.3. The van der Waals surface area contributed by atoms with E-state index < -0.39 is 8.53 Å². The molecule has 1 aliphatic heterocycles. The molecule has 0 radical (unpaired) electrons. The minimum absolute atomic E-state index is 0.393. The number of halogens is 1. The molecule has 5 heteroatoms. The van der Waals surface area contributed by atoms with E-state index in [1.807, 2.05) is 18.2 Å². The summed E-state index contributed by atoms with van der Waals surface area (Å²) in [6.07, 6.45) is 0. The summed E-state index contributed by atoms with van der Waals surface area (Å²) < 4.78 is 14.1. The van der Waals surface area contributed by atoms with Gasteiger partial charge in [0.05, 0.1) is 6.61 Å². The molecular weight excluding hydrogens is 269 g/mol. The van der Waals surface area contributed by atoms with Crippen LogP contribution in [0.25, 0.3) is 0 Å². The number of fused-ring (bicyclic) bond motifs is 1. The molecule has 0 N–H and O–H groups in total. The first-order chi connectivity index (χ1) is 8.49. The average Bonchev–Trinajstić information content (AvgIpc) is 2.28. The summed E-state index contributed by atoms with van der Waals surface area (Å²) in [7, 11) is -1.02. The van der Waals surface area contributed by atoms with Crippen LogP contribution in [0.5, 0.6) is 5.75 Å². The summed E-state index contributed by atoms with van der Waals surface area (Å²) in [5.41, 5.74) is 1.02. The maximum atomic E-state index is 5.98. The molecule has 1 unspecified atom stereocenters. The fraction of sp³-hybridized carbons (Fsp3) is 0.538. The average molecular weight is 288 g/mol. The molecule has 1 aromatic carbocycles. The summed E-state index contributed by atoms with van der Waals surface area (Å²) in [6.45, 7) is 9.20. The lowest BCUT2D eigenvalue weighted by atomic mass is 10.2. The summed E-state index contributed by atoms with van der Waals surface area (Å²) in [5, 5.41) is 0.719. The Bertz CT molecular complexity index is 417. The number of hydrogen-bond donors (Lipinski definition) is 0. The van der Waals surface area contributed by atoms with Gasteiger partial charge in [0.15, 0.2) is 0 Å². The molecule has 2 rings (SSSR count). The van der Waals surface area contributed by atoms with Crippen LogP contribution in [0, 0.1) is 0 Å². The van der Waals surface area contributed by atoms with Crippen molar-refractivity contribution in [3.8, 4) is 5.75 Å². The van der Waals surface area contributed by atoms with Crippen LogP contribution in [0.4, 0.5) is 0 Å². The molecular formula is C13H19ClNO2P. The van der Waals surface area contributed by atoms with Gasteiger partial charge in [-0.05, 0) is 45.9 Å². The van der Waals surface area contributed by atoms with Gasteiger partial charge in [0, 0.05) is 22.7 Å². The standard InChI is InChI=1S/C13H19ClNO2P/c1-9(2)15(10(3)4)18-16-8-11-7-12(14)5-6-13(11)17-18/h5-7,9-10H,8H2,1-4H3. The lowest BCUT2D eigenvalue weighted by Gasteiger charge is -2.37. The lowest BCUT2D eigenvalue weighted by Crippen LogP contribution is -2.35. The van der Waals surface area contributed by atoms with E-state index in [-0.39, 0.29) is 0 Å². The second-order valence-corrected chi connectivity index (χ2v) is 6.74. The van der Waals surface area contributed by atoms with E-state index >= 15 is 0 Å². The van der Waals surface area contributed by atoms with Gasteiger partial charge in [0.2, 0.25) is 0 Å². The zero-order valence-corrected chi connectivity index (χ0v) is 12.8. The highest BCUT2D eigenvalue weighted by atomic mass is 35.5. The van der Waals surface area contributed by atoms with Crippen LogP contribution >= 0.6 is 20.1 Å². The molecule has 1 aromatic rings. The smallest absolute Gasteiger partial charge is 0.321 e. The highest BCUT2D eigenvalue weighted by Gasteiger charge is 2.32. The minimum atomic E-state index is -1.02. The molecule has 0 aromatic heterocycles. The maximum absolute atomic E-state index is 5.98. The van der Waals surface area contributed by atoms with Crippen molar-refractivity contribution in [2.75, 3.05) is 0 Å². The Balaban J connectivity index is 2.18. The first-order valence-corrected chi connectivity index (χ1v) is 7.67. The van der Waals surface area contributed by atoms with Crippen LogP contribution < -0.4 is 4.52 Å². The van der Waals surface area contributed by atoms with Gasteiger partial charge < -0.3 is 9.05 Å². The molecule has 0 fully saturated rings. The highest BCUT2D eigenvalue weighted by molar-refractivity contribution is 7.45. The van der Waals surface area contributed by atoms with Crippen molar-refractivity contribution in [3.63, 3.8) is 0 Å². The maximum Gasteiger partial charge on any atom is 0.321 e. The fourth-order valence-electron chi connectivity index (χ4n) is 2.07. The third kappa shape index (κ3) is 2.97. The minimum Gasteiger partial charge on any atom is -0.435 e. The van der Waals surface area contributed by atoms with Gasteiger partial charge in [-0.2, -0.15) is 0 Å². The van der Waals surface area contributed by atoms with Gasteiger partial charge in [0.1, 0.15) is 5.75 Å². The first-order valence-electron chi connectivity index (χ1n) is 6.16. The van der Waals surface area contributed by atoms with E-state index in [0.717, 1.165) is 16.3 Å². The third-order valence-corrected chi connectivity index (χ3v) is 5.02. The van der Waals surface area contributed by atoms with E-state index in [2.05, 4.69) is 32.4 Å². The van der Waals surface area contributed by atoms with E-state index in [4.69, 9.17) is 20.6 Å². The number of nitrogens with zero attached hydrogens (tertiary/aromatic N) is 1. The van der Waals surface area contributed by atoms with E-state index in [1.54, 1.807) is 0 Å². The van der Waals surface area contributed by atoms with Gasteiger partial charge in [-0.15, -0.1) is 0 Å². The van der Waals surface area contributed by atoms with Crippen molar-refractivity contribution < 1.29 is 9.05 Å². The van der Waals surface area contributed by atoms with E-state index in [0.29, 0.717) is 18.7 Å². The normalized spacial score (nSPS) is 19.2. The van der Waals surface area contributed by atoms with E-state index in [9.17, 15) is 0 Å². The van der Waals surface area contributed by atoms with Gasteiger partial charge in [0.25, 0.3) is 0 Å². The van der Waals surface area contributed by atoms with Gasteiger partial charge in [-0.3, -0.25) is 0 Å². The summed E-state index contributed by atoms with van der Waals surface area (Å²) in [4.78, 5) is 0. The van der Waals surface area contributed by atoms with Crippen molar-refractivity contribution in [1.82, 2.24) is 4.67 Å². The molecule has 3 nitrogen and oxygen atoms in total. The van der Waals surface area contributed by atoms with Crippen molar-refractivity contribution in [3.05, 3.63) is 28.8 Å². The van der Waals surface area contributed by atoms with Crippen LogP contribution in [0.15, 0.2) is 18.2 Å². The van der Waals surface area contributed by atoms with Gasteiger partial charge >= 0.3 is 8.53 Å². The van der Waals surface area contributed by atoms with Crippen LogP contribution in [0.3, 0.4) is 0 Å². The summed E-state index contributed by atoms with van der Waals surface area (Å²) in [6, 6.07) is 6.47. The Kier molecular flexibility index (Phi) is 4.50. The molecule has 0 amide bonds. The van der Waals surface area contributed by atoms with Crippen molar-refractivity contribution >= 4 is 20.1 Å². The molecule has 0 bridgehead atoms. The quantitative estimate of drug-likeness (QED) is 0.759. The van der Waals surface area contributed by atoms with Crippen LogP contribution in [-0.2, 0) is 11.1 Å². The van der Waals surface area contributed by atoms with Crippen LogP contribution in [0.2, 0.25) is 5.02 Å². The Labute approximate surface area is 115 Å². The lowest BCUT2D eigenvalue weighted by molar-refractivity contribution is 0.195. The second-order valence-electron chi connectivity index (χ2n) is 4.92. The van der Waals surface area contributed by atoms with Crippen molar-refractivity contribution in [1.29, 1.82) is 0 Å². The molecule has 1 atom stereocenters. The van der Waals surface area contributed by atoms with Gasteiger partial charge in [-0.1, -0.05) is 11.6 Å². The molecule has 1 heterocycles. The second kappa shape index (κ2) is 5.75. The Morgan fingerprint density at radius 3 is 2.50 bits per heavy atom. The number of rotatable bonds is 3. The molecule has 1 aliphatic rings. The first kappa shape index (κ1) is 14.1. The summed E-state index contributed by atoms with van der Waals surface area (Å²) in [5.74, 6) is 0.892. The Morgan fingerprint density at radius 2 is 1.89 bits per heavy atom.